The third kappa shape index (κ3) is 4.94. The highest BCUT2D eigenvalue weighted by atomic mass is 32.2. The van der Waals surface area contributed by atoms with Crippen LogP contribution in [-0.4, -0.2) is 40.3 Å². The van der Waals surface area contributed by atoms with E-state index in [-0.39, 0.29) is 23.0 Å². The van der Waals surface area contributed by atoms with Crippen LogP contribution in [0.1, 0.15) is 43.9 Å². The summed E-state index contributed by atoms with van der Waals surface area (Å²) in [5.41, 5.74) is 2.39. The summed E-state index contributed by atoms with van der Waals surface area (Å²) >= 11 is 1.41. The van der Waals surface area contributed by atoms with Crippen molar-refractivity contribution in [3.63, 3.8) is 0 Å². The van der Waals surface area contributed by atoms with Gasteiger partial charge in [-0.05, 0) is 24.1 Å². The van der Waals surface area contributed by atoms with Gasteiger partial charge in [-0.3, -0.25) is 20.1 Å². The molecule has 9 heteroatoms. The third-order valence-corrected chi connectivity index (χ3v) is 5.84. The number of nitrogens with zero attached hydrogens (tertiary/aromatic N) is 4. The number of nitro benzene ring substituents is 1. The van der Waals surface area contributed by atoms with E-state index < -0.39 is 10.7 Å². The standard InChI is InChI=1S/C22H26FN5O2S/c1-5-6-14-7-8-15(28(29)30)11-16(14)22-20-17(26-19(12-25-22)27(4)24)9-10-18(21(20)23)31-13(2)3/h7-11,13H,5-6,12,24H2,1-4H3. The first-order valence-electron chi connectivity index (χ1n) is 10.1. The maximum atomic E-state index is 15.8. The first-order chi connectivity index (χ1) is 14.7. The fourth-order valence-corrected chi connectivity index (χ4v) is 4.27. The molecule has 1 aliphatic rings. The largest absolute Gasteiger partial charge is 0.300 e. The van der Waals surface area contributed by atoms with E-state index in [1.165, 1.54) is 28.9 Å². The Bertz CT molecular complexity index is 1070. The zero-order valence-corrected chi connectivity index (χ0v) is 18.9. The number of benzene rings is 2. The second-order valence-corrected chi connectivity index (χ2v) is 9.21. The van der Waals surface area contributed by atoms with Crippen molar-refractivity contribution in [2.75, 3.05) is 13.6 Å². The Morgan fingerprint density at radius 3 is 2.68 bits per heavy atom. The first-order valence-corrected chi connectivity index (χ1v) is 11.0. The number of halogens is 1. The molecule has 3 rings (SSSR count). The molecule has 0 radical (unpaired) electrons. The molecular formula is C22H26FN5O2S. The Hall–Kier alpha value is -2.78. The van der Waals surface area contributed by atoms with Crippen molar-refractivity contribution in [2.45, 2.75) is 43.8 Å². The fraction of sp³-hybridized carbons (Fsp3) is 0.364. The Kier molecular flexibility index (Phi) is 7.07. The fourth-order valence-electron chi connectivity index (χ4n) is 3.41. The molecule has 2 aromatic carbocycles. The average Bonchev–Trinajstić information content (AvgIpc) is 2.90. The van der Waals surface area contributed by atoms with E-state index in [1.54, 1.807) is 25.2 Å². The smallest absolute Gasteiger partial charge is 0.270 e. The quantitative estimate of drug-likeness (QED) is 0.297. The molecule has 0 spiro atoms. The molecule has 0 fully saturated rings. The van der Waals surface area contributed by atoms with Crippen LogP contribution in [0.25, 0.3) is 0 Å². The lowest BCUT2D eigenvalue weighted by Gasteiger charge is -2.16. The Morgan fingerprint density at radius 2 is 2.06 bits per heavy atom. The van der Waals surface area contributed by atoms with Crippen LogP contribution in [-0.2, 0) is 6.42 Å². The van der Waals surface area contributed by atoms with Gasteiger partial charge in [0.25, 0.3) is 5.69 Å². The van der Waals surface area contributed by atoms with Gasteiger partial charge in [0, 0.05) is 34.9 Å². The van der Waals surface area contributed by atoms with Gasteiger partial charge < -0.3 is 0 Å². The number of hydrogen-bond donors (Lipinski definition) is 1. The molecule has 2 aromatic rings. The monoisotopic (exact) mass is 443 g/mol. The van der Waals surface area contributed by atoms with Gasteiger partial charge in [-0.1, -0.05) is 33.3 Å². The highest BCUT2D eigenvalue weighted by Gasteiger charge is 2.26. The summed E-state index contributed by atoms with van der Waals surface area (Å²) in [6, 6.07) is 8.14. The number of thioether (sulfide) groups is 1. The summed E-state index contributed by atoms with van der Waals surface area (Å²) in [6.45, 7) is 6.14. The SMILES string of the molecule is CCCc1ccc([N+](=O)[O-])cc1C1=NCC(N(C)N)=Nc2ccc(SC(C)C)c(F)c21. The van der Waals surface area contributed by atoms with E-state index in [2.05, 4.69) is 9.98 Å². The summed E-state index contributed by atoms with van der Waals surface area (Å²) < 4.78 is 15.8. The maximum Gasteiger partial charge on any atom is 0.270 e. The molecule has 0 bridgehead atoms. The van der Waals surface area contributed by atoms with Crippen LogP contribution in [0.5, 0.6) is 0 Å². The van der Waals surface area contributed by atoms with Crippen LogP contribution in [0, 0.1) is 15.9 Å². The van der Waals surface area contributed by atoms with Gasteiger partial charge in [-0.2, -0.15) is 0 Å². The van der Waals surface area contributed by atoms with E-state index in [1.807, 2.05) is 20.8 Å². The van der Waals surface area contributed by atoms with Crippen molar-refractivity contribution in [1.82, 2.24) is 5.01 Å². The highest BCUT2D eigenvalue weighted by Crippen LogP contribution is 2.36. The third-order valence-electron chi connectivity index (χ3n) is 4.80. The molecule has 0 aromatic heterocycles. The van der Waals surface area contributed by atoms with Gasteiger partial charge >= 0.3 is 0 Å². The predicted molar refractivity (Wildman–Crippen MR) is 124 cm³/mol. The van der Waals surface area contributed by atoms with E-state index in [0.717, 1.165) is 12.0 Å². The van der Waals surface area contributed by atoms with Gasteiger partial charge in [0.1, 0.15) is 11.7 Å². The molecule has 0 saturated carbocycles. The number of likely N-dealkylation sites (N-methyl/N-ethyl adjacent to an activating group) is 1. The normalized spacial score (nSPS) is 13.4. The number of nitrogens with two attached hydrogens (primary N) is 1. The van der Waals surface area contributed by atoms with E-state index in [4.69, 9.17) is 5.84 Å². The van der Waals surface area contributed by atoms with Crippen molar-refractivity contribution >= 4 is 34.7 Å². The van der Waals surface area contributed by atoms with Gasteiger partial charge in [0.15, 0.2) is 0 Å². The number of amidine groups is 1. The molecule has 31 heavy (non-hydrogen) atoms. The lowest BCUT2D eigenvalue weighted by molar-refractivity contribution is -0.384. The summed E-state index contributed by atoms with van der Waals surface area (Å²) in [6.07, 6.45) is 1.53. The number of nitro groups is 1. The number of aryl methyl sites for hydroxylation is 1. The second kappa shape index (κ2) is 9.57. The van der Waals surface area contributed by atoms with Crippen LogP contribution in [0.4, 0.5) is 15.8 Å². The number of hydrazine groups is 1. The molecule has 0 amide bonds. The minimum atomic E-state index is -0.450. The van der Waals surface area contributed by atoms with Crippen LogP contribution in [0.2, 0.25) is 0 Å². The van der Waals surface area contributed by atoms with Crippen LogP contribution >= 0.6 is 11.8 Å². The van der Waals surface area contributed by atoms with Crippen LogP contribution in [0.15, 0.2) is 45.2 Å². The van der Waals surface area contributed by atoms with Crippen molar-refractivity contribution in [3.05, 3.63) is 63.0 Å². The summed E-state index contributed by atoms with van der Waals surface area (Å²) in [5, 5.41) is 13.0. The lowest BCUT2D eigenvalue weighted by Crippen LogP contribution is -2.34. The number of non-ortho nitro benzene ring substituents is 1. The summed E-state index contributed by atoms with van der Waals surface area (Å²) in [7, 11) is 1.65. The summed E-state index contributed by atoms with van der Waals surface area (Å²) in [4.78, 5) is 20.7. The number of hydrogen-bond acceptors (Lipinski definition) is 7. The molecule has 7 nitrogen and oxygen atoms in total. The number of aliphatic imine (C=N–C) groups is 2. The Morgan fingerprint density at radius 1 is 1.32 bits per heavy atom. The van der Waals surface area contributed by atoms with Crippen molar-refractivity contribution in [3.8, 4) is 0 Å². The van der Waals surface area contributed by atoms with E-state index in [9.17, 15) is 10.1 Å². The predicted octanol–water partition coefficient (Wildman–Crippen LogP) is 4.87. The minimum Gasteiger partial charge on any atom is -0.300 e. The maximum absolute atomic E-state index is 15.8. The van der Waals surface area contributed by atoms with Gasteiger partial charge in [-0.15, -0.1) is 11.8 Å². The molecule has 0 unspecified atom stereocenters. The topological polar surface area (TPSA) is 97.1 Å². The number of fused-ring (bicyclic) bond motifs is 1. The molecular weight excluding hydrogens is 417 g/mol. The zero-order chi connectivity index (χ0) is 22.7. The molecule has 0 aliphatic carbocycles. The molecule has 0 atom stereocenters. The van der Waals surface area contributed by atoms with Crippen LogP contribution in [0.3, 0.4) is 0 Å². The Balaban J connectivity index is 2.30. The van der Waals surface area contributed by atoms with Gasteiger partial charge in [-0.25, -0.2) is 15.2 Å². The summed E-state index contributed by atoms with van der Waals surface area (Å²) in [5.74, 6) is 5.95. The number of rotatable bonds is 6. The van der Waals surface area contributed by atoms with E-state index >= 15 is 4.39 Å². The molecule has 1 aliphatic heterocycles. The zero-order valence-electron chi connectivity index (χ0n) is 18.1. The highest BCUT2D eigenvalue weighted by molar-refractivity contribution is 7.99. The minimum absolute atomic E-state index is 0.0615. The van der Waals surface area contributed by atoms with Crippen molar-refractivity contribution < 1.29 is 9.31 Å². The molecule has 1 heterocycles. The van der Waals surface area contributed by atoms with E-state index in [0.29, 0.717) is 34.1 Å². The van der Waals surface area contributed by atoms with Crippen molar-refractivity contribution in [1.29, 1.82) is 0 Å². The Labute approximate surface area is 185 Å². The molecule has 2 N–H and O–H groups in total. The van der Waals surface area contributed by atoms with Crippen molar-refractivity contribution in [2.24, 2.45) is 15.8 Å². The molecule has 0 saturated heterocycles. The molecule has 164 valence electrons. The second-order valence-electron chi connectivity index (χ2n) is 7.59. The lowest BCUT2D eigenvalue weighted by atomic mass is 9.93. The average molecular weight is 444 g/mol. The van der Waals surface area contributed by atoms with Crippen LogP contribution < -0.4 is 5.84 Å². The van der Waals surface area contributed by atoms with Gasteiger partial charge in [0.2, 0.25) is 0 Å². The first kappa shape index (κ1) is 22.9. The van der Waals surface area contributed by atoms with Gasteiger partial charge in [0.05, 0.1) is 28.4 Å².